The predicted octanol–water partition coefficient (Wildman–Crippen LogP) is 0.0700. The molecule has 0 fully saturated rings. The van der Waals surface area contributed by atoms with Gasteiger partial charge in [0.1, 0.15) is 12.0 Å². The summed E-state index contributed by atoms with van der Waals surface area (Å²) in [7, 11) is 0. The second-order valence-electron chi connectivity index (χ2n) is 2.88. The second-order valence-corrected chi connectivity index (χ2v) is 2.88. The molecule has 8 nitrogen and oxygen atoms in total. The van der Waals surface area contributed by atoms with Crippen LogP contribution in [0.15, 0.2) is 18.3 Å². The highest BCUT2D eigenvalue weighted by Crippen LogP contribution is 2.11. The number of rotatable bonds is 5. The molecule has 0 bridgehead atoms. The molecule has 0 aliphatic rings. The normalized spacial score (nSPS) is 9.50. The number of nitro groups is 1. The van der Waals surface area contributed by atoms with Gasteiger partial charge in [0, 0.05) is 19.2 Å². The van der Waals surface area contributed by atoms with Gasteiger partial charge < -0.3 is 16.4 Å². The molecule has 2 amide bonds. The molecule has 1 aromatic heterocycles. The third-order valence-corrected chi connectivity index (χ3v) is 1.69. The lowest BCUT2D eigenvalue weighted by molar-refractivity contribution is -0.385. The number of primary amides is 1. The molecule has 0 unspecified atom stereocenters. The Balaban J connectivity index is 2.38. The van der Waals surface area contributed by atoms with Gasteiger partial charge in [-0.3, -0.25) is 10.1 Å². The molecule has 0 aromatic carbocycles. The molecular weight excluding hydrogens is 214 g/mol. The lowest BCUT2D eigenvalue weighted by Gasteiger charge is -2.04. The highest BCUT2D eigenvalue weighted by Gasteiger charge is 2.04. The van der Waals surface area contributed by atoms with Gasteiger partial charge in [-0.1, -0.05) is 0 Å². The SMILES string of the molecule is NC(=O)NCCNc1ccc([N+](=O)[O-])cn1. The fourth-order valence-corrected chi connectivity index (χ4v) is 0.975. The van der Waals surface area contributed by atoms with Crippen LogP contribution in [0.2, 0.25) is 0 Å². The Morgan fingerprint density at radius 1 is 1.50 bits per heavy atom. The van der Waals surface area contributed by atoms with Crippen LogP contribution in [-0.2, 0) is 0 Å². The molecular formula is C8H11N5O3. The molecule has 0 atom stereocenters. The maximum atomic E-state index is 10.3. The maximum Gasteiger partial charge on any atom is 0.312 e. The largest absolute Gasteiger partial charge is 0.368 e. The van der Waals surface area contributed by atoms with E-state index < -0.39 is 11.0 Å². The number of aromatic nitrogens is 1. The predicted molar refractivity (Wildman–Crippen MR) is 57.0 cm³/mol. The van der Waals surface area contributed by atoms with Gasteiger partial charge >= 0.3 is 6.03 Å². The maximum absolute atomic E-state index is 10.3. The van der Waals surface area contributed by atoms with Crippen LogP contribution in [0.25, 0.3) is 0 Å². The summed E-state index contributed by atoms with van der Waals surface area (Å²) >= 11 is 0. The van der Waals surface area contributed by atoms with Crippen LogP contribution in [0.1, 0.15) is 0 Å². The highest BCUT2D eigenvalue weighted by atomic mass is 16.6. The number of urea groups is 1. The summed E-state index contributed by atoms with van der Waals surface area (Å²) in [5.41, 5.74) is 4.79. The molecule has 86 valence electrons. The van der Waals surface area contributed by atoms with Gasteiger partial charge in [0.05, 0.1) is 4.92 Å². The van der Waals surface area contributed by atoms with Gasteiger partial charge in [-0.15, -0.1) is 0 Å². The third kappa shape index (κ3) is 3.78. The van der Waals surface area contributed by atoms with Gasteiger partial charge in [0.2, 0.25) is 0 Å². The van der Waals surface area contributed by atoms with Gasteiger partial charge in [0.25, 0.3) is 5.69 Å². The highest BCUT2D eigenvalue weighted by molar-refractivity contribution is 5.71. The number of hydrogen-bond donors (Lipinski definition) is 3. The van der Waals surface area contributed by atoms with Gasteiger partial charge in [0.15, 0.2) is 0 Å². The Hall–Kier alpha value is -2.38. The fourth-order valence-electron chi connectivity index (χ4n) is 0.975. The van der Waals surface area contributed by atoms with Crippen LogP contribution in [0, 0.1) is 10.1 Å². The summed E-state index contributed by atoms with van der Waals surface area (Å²) < 4.78 is 0. The number of nitrogens with one attached hydrogen (secondary N) is 2. The van der Waals surface area contributed by atoms with E-state index in [-0.39, 0.29) is 5.69 Å². The number of amides is 2. The number of anilines is 1. The number of carbonyl (C=O) groups excluding carboxylic acids is 1. The Morgan fingerprint density at radius 2 is 2.25 bits per heavy atom. The van der Waals surface area contributed by atoms with Crippen molar-refractivity contribution in [3.05, 3.63) is 28.4 Å². The molecule has 1 rings (SSSR count). The van der Waals surface area contributed by atoms with Gasteiger partial charge in [-0.05, 0) is 6.07 Å². The lowest BCUT2D eigenvalue weighted by Crippen LogP contribution is -2.33. The Morgan fingerprint density at radius 3 is 2.75 bits per heavy atom. The van der Waals surface area contributed by atoms with Gasteiger partial charge in [-0.2, -0.15) is 0 Å². The Labute approximate surface area is 91.0 Å². The van der Waals surface area contributed by atoms with Crippen molar-refractivity contribution in [3.63, 3.8) is 0 Å². The van der Waals surface area contributed by atoms with Crippen LogP contribution in [0.4, 0.5) is 16.3 Å². The molecule has 0 aliphatic heterocycles. The van der Waals surface area contributed by atoms with Gasteiger partial charge in [-0.25, -0.2) is 9.78 Å². The van der Waals surface area contributed by atoms with Crippen molar-refractivity contribution in [2.24, 2.45) is 5.73 Å². The number of carbonyl (C=O) groups is 1. The molecule has 0 saturated carbocycles. The molecule has 4 N–H and O–H groups in total. The first-order valence-electron chi connectivity index (χ1n) is 4.47. The van der Waals surface area contributed by atoms with E-state index in [2.05, 4.69) is 15.6 Å². The minimum absolute atomic E-state index is 0.0687. The van der Waals surface area contributed by atoms with Crippen LogP contribution in [0.3, 0.4) is 0 Å². The van der Waals surface area contributed by atoms with E-state index in [1.54, 1.807) is 0 Å². The molecule has 0 saturated heterocycles. The minimum atomic E-state index is -0.599. The van der Waals surface area contributed by atoms with Crippen molar-refractivity contribution in [2.45, 2.75) is 0 Å². The number of hydrogen-bond acceptors (Lipinski definition) is 5. The van der Waals surface area contributed by atoms with Crippen LogP contribution >= 0.6 is 0 Å². The average Bonchev–Trinajstić information content (AvgIpc) is 2.25. The zero-order valence-corrected chi connectivity index (χ0v) is 8.34. The van der Waals surface area contributed by atoms with Crippen LogP contribution in [-0.4, -0.2) is 29.0 Å². The van der Waals surface area contributed by atoms with E-state index in [9.17, 15) is 14.9 Å². The average molecular weight is 225 g/mol. The third-order valence-electron chi connectivity index (χ3n) is 1.69. The molecule has 0 spiro atoms. The quantitative estimate of drug-likeness (QED) is 0.371. The van der Waals surface area contributed by atoms with Crippen molar-refractivity contribution in [1.82, 2.24) is 10.3 Å². The first-order chi connectivity index (χ1) is 7.59. The van der Waals surface area contributed by atoms with E-state index >= 15 is 0 Å². The van der Waals surface area contributed by atoms with E-state index in [1.807, 2.05) is 0 Å². The number of nitrogens with zero attached hydrogens (tertiary/aromatic N) is 2. The summed E-state index contributed by atoms with van der Waals surface area (Å²) in [5.74, 6) is 0.497. The van der Waals surface area contributed by atoms with Crippen molar-refractivity contribution < 1.29 is 9.72 Å². The summed E-state index contributed by atoms with van der Waals surface area (Å²) in [5, 5.41) is 15.6. The first kappa shape index (κ1) is 11.7. The monoisotopic (exact) mass is 225 g/mol. The molecule has 0 aliphatic carbocycles. The zero-order chi connectivity index (χ0) is 12.0. The molecule has 1 heterocycles. The van der Waals surface area contributed by atoms with Crippen molar-refractivity contribution >= 4 is 17.5 Å². The van der Waals surface area contributed by atoms with E-state index in [4.69, 9.17) is 5.73 Å². The topological polar surface area (TPSA) is 123 Å². The fraction of sp³-hybridized carbons (Fsp3) is 0.250. The Bertz CT molecular complexity index is 378. The summed E-state index contributed by atoms with van der Waals surface area (Å²) in [6.07, 6.45) is 1.16. The van der Waals surface area contributed by atoms with E-state index in [0.717, 1.165) is 6.20 Å². The first-order valence-corrected chi connectivity index (χ1v) is 4.47. The Kier molecular flexibility index (Phi) is 4.01. The standard InChI is InChI=1S/C8H11N5O3/c9-8(14)11-4-3-10-7-2-1-6(5-12-7)13(15)16/h1-2,5H,3-4H2,(H,10,12)(H3,9,11,14). The summed E-state index contributed by atoms with van der Waals surface area (Å²) in [6, 6.07) is 2.23. The molecule has 0 radical (unpaired) electrons. The zero-order valence-electron chi connectivity index (χ0n) is 8.34. The molecule has 8 heteroatoms. The minimum Gasteiger partial charge on any atom is -0.368 e. The number of pyridine rings is 1. The van der Waals surface area contributed by atoms with E-state index in [1.165, 1.54) is 12.1 Å². The summed E-state index contributed by atoms with van der Waals surface area (Å²) in [4.78, 5) is 24.0. The summed E-state index contributed by atoms with van der Waals surface area (Å²) in [6.45, 7) is 0.793. The lowest BCUT2D eigenvalue weighted by atomic mass is 10.4. The molecule has 1 aromatic rings. The van der Waals surface area contributed by atoms with Crippen molar-refractivity contribution in [2.75, 3.05) is 18.4 Å². The molecule has 16 heavy (non-hydrogen) atoms. The van der Waals surface area contributed by atoms with Crippen molar-refractivity contribution in [3.8, 4) is 0 Å². The smallest absolute Gasteiger partial charge is 0.312 e. The number of nitrogens with two attached hydrogens (primary N) is 1. The van der Waals surface area contributed by atoms with Crippen LogP contribution in [0.5, 0.6) is 0 Å². The van der Waals surface area contributed by atoms with E-state index in [0.29, 0.717) is 18.9 Å². The van der Waals surface area contributed by atoms with Crippen LogP contribution < -0.4 is 16.4 Å². The second kappa shape index (κ2) is 5.49. The van der Waals surface area contributed by atoms with Crippen molar-refractivity contribution in [1.29, 1.82) is 0 Å².